The molecule has 1 fully saturated rings. The van der Waals surface area contributed by atoms with E-state index in [4.69, 9.17) is 9.47 Å². The molecule has 0 aliphatic carbocycles. The van der Waals surface area contributed by atoms with Gasteiger partial charge in [-0.15, -0.1) is 0 Å². The van der Waals surface area contributed by atoms with Gasteiger partial charge in [0.1, 0.15) is 5.75 Å². The summed E-state index contributed by atoms with van der Waals surface area (Å²) >= 11 is 2.35. The van der Waals surface area contributed by atoms with E-state index in [-0.39, 0.29) is 37.2 Å². The van der Waals surface area contributed by atoms with E-state index in [1.165, 1.54) is 40.3 Å². The summed E-state index contributed by atoms with van der Waals surface area (Å²) in [5.41, 5.74) is 4.61. The first kappa shape index (κ1) is 33.5. The molecule has 0 spiro atoms. The second-order valence-electron chi connectivity index (χ2n) is 10.8. The molecular formula is C32H42IN3O3U. The zero-order valence-corrected chi connectivity index (χ0v) is 30.2. The van der Waals surface area contributed by atoms with Gasteiger partial charge in [-0.25, -0.2) is 0 Å². The number of amides is 1. The first-order valence-electron chi connectivity index (χ1n) is 14.3. The number of H-pyrrole nitrogens is 1. The average Bonchev–Trinajstić information content (AvgIpc) is 3.30. The predicted octanol–water partition coefficient (Wildman–Crippen LogP) is 6.54. The van der Waals surface area contributed by atoms with Gasteiger partial charge < -0.3 is 31.1 Å². The Balaban J connectivity index is 0.000000828. The number of benzene rings is 2. The maximum Gasteiger partial charge on any atom is 2.00 e. The van der Waals surface area contributed by atoms with Gasteiger partial charge in [-0.3, -0.25) is 4.90 Å². The summed E-state index contributed by atoms with van der Waals surface area (Å²) in [7, 11) is 0. The third-order valence-electron chi connectivity index (χ3n) is 7.14. The summed E-state index contributed by atoms with van der Waals surface area (Å²) in [6.45, 7) is 14.2. The van der Waals surface area contributed by atoms with Gasteiger partial charge in [0, 0.05) is 33.3 Å². The third kappa shape index (κ3) is 9.49. The predicted molar refractivity (Wildman–Crippen MR) is 167 cm³/mol. The van der Waals surface area contributed by atoms with Crippen LogP contribution >= 0.6 is 22.6 Å². The molecule has 5 rings (SSSR count). The molecule has 1 unspecified atom stereocenters. The van der Waals surface area contributed by atoms with Crippen molar-refractivity contribution in [2.75, 3.05) is 46.0 Å². The van der Waals surface area contributed by atoms with Crippen LogP contribution in [-0.4, -0.2) is 67.2 Å². The average molecular weight is 882 g/mol. The van der Waals surface area contributed by atoms with Gasteiger partial charge in [0.2, 0.25) is 0 Å². The number of hydrogen-bond donors (Lipinski definition) is 1. The van der Waals surface area contributed by atoms with Crippen molar-refractivity contribution >= 4 is 39.9 Å². The number of ether oxygens (including phenoxy) is 2. The molecular weight excluding hydrogens is 839 g/mol. The van der Waals surface area contributed by atoms with Crippen LogP contribution in [0.15, 0.2) is 42.5 Å². The zero-order valence-electron chi connectivity index (χ0n) is 23.9. The fourth-order valence-electron chi connectivity index (χ4n) is 5.26. The molecule has 1 atom stereocenters. The van der Waals surface area contributed by atoms with Gasteiger partial charge in [-0.2, -0.15) is 12.3 Å². The Labute approximate surface area is 277 Å². The van der Waals surface area contributed by atoms with E-state index in [9.17, 15) is 4.79 Å². The Hall–Kier alpha value is -1.05. The van der Waals surface area contributed by atoms with Gasteiger partial charge in [0.15, 0.2) is 0 Å². The number of morpholine rings is 1. The molecule has 3 heterocycles. The molecule has 3 aromatic rings. The molecule has 0 radical (unpaired) electrons. The van der Waals surface area contributed by atoms with Crippen molar-refractivity contribution < 1.29 is 45.4 Å². The monoisotopic (exact) mass is 881 g/mol. The van der Waals surface area contributed by atoms with Gasteiger partial charge in [0.25, 0.3) is 0 Å². The number of aromatic amines is 1. The van der Waals surface area contributed by atoms with Gasteiger partial charge in [-0.05, 0) is 96.4 Å². The normalized spacial score (nSPS) is 17.1. The second-order valence-corrected chi connectivity index (χ2v) is 12.1. The summed E-state index contributed by atoms with van der Waals surface area (Å²) in [6.07, 6.45) is 7.75. The minimum Gasteiger partial charge on any atom is -0.520 e. The Morgan fingerprint density at radius 3 is 2.48 bits per heavy atom. The minimum atomic E-state index is -0.151. The number of hydrogen-bond acceptors (Lipinski definition) is 4. The van der Waals surface area contributed by atoms with Crippen LogP contribution in [0.2, 0.25) is 0 Å². The maximum absolute atomic E-state index is 11.8. The third-order valence-corrected chi connectivity index (χ3v) is 7.81. The number of aromatic nitrogens is 1. The minimum absolute atomic E-state index is 0. The van der Waals surface area contributed by atoms with Crippen molar-refractivity contribution in [3.8, 4) is 5.75 Å². The molecule has 1 amide bonds. The zero-order chi connectivity index (χ0) is 27.6. The van der Waals surface area contributed by atoms with E-state index < -0.39 is 0 Å². The van der Waals surface area contributed by atoms with Crippen LogP contribution in [0, 0.1) is 47.5 Å². The summed E-state index contributed by atoms with van der Waals surface area (Å²) in [4.78, 5) is 19.6. The number of carbonyl (C=O) groups excluding carboxylic acids is 1. The molecule has 0 saturated carbocycles. The molecule has 1 N–H and O–H groups in total. The van der Waals surface area contributed by atoms with Crippen molar-refractivity contribution in [2.45, 2.75) is 52.0 Å². The van der Waals surface area contributed by atoms with E-state index >= 15 is 0 Å². The number of fused-ring (bicyclic) bond motifs is 3. The standard InChI is InChI=1S/C28H33IN3O3.C4H9.U/c29-22-7-10-26-25(19-22)24-11-13-32(20-33)28(27(24)30-26)21-5-8-23(9-6-21)35-16-4-2-1-3-12-31-14-17-34-18-15-31;1-4(2)3;/h5-10,19,28,30H,1-4,11-18H2;4H,1H2,2-3H3;/q2*-1;+2. The van der Waals surface area contributed by atoms with Crippen molar-refractivity contribution in [1.29, 1.82) is 0 Å². The van der Waals surface area contributed by atoms with Crippen molar-refractivity contribution in [2.24, 2.45) is 5.92 Å². The molecule has 2 aromatic carbocycles. The van der Waals surface area contributed by atoms with E-state index in [1.807, 2.05) is 12.1 Å². The Morgan fingerprint density at radius 1 is 1.07 bits per heavy atom. The molecule has 214 valence electrons. The van der Waals surface area contributed by atoms with Crippen LogP contribution in [0.1, 0.15) is 62.4 Å². The number of nitrogens with one attached hydrogen (secondary N) is 1. The molecule has 0 bridgehead atoms. The van der Waals surface area contributed by atoms with Crippen LogP contribution in [0.3, 0.4) is 0 Å². The second kappa shape index (κ2) is 17.2. The van der Waals surface area contributed by atoms with Crippen molar-refractivity contribution in [3.05, 3.63) is 69.8 Å². The van der Waals surface area contributed by atoms with E-state index in [1.54, 1.807) is 4.90 Å². The number of rotatable bonds is 10. The summed E-state index contributed by atoms with van der Waals surface area (Å²) < 4.78 is 12.6. The molecule has 2 aliphatic rings. The SMILES string of the molecule is O=[C-]N1CCc2c([nH]c3ccc(I)cc23)C1c1ccc(OCCCCCCN2CCOCC2)cc1.[CH2-]C(C)C.[U+2]. The fourth-order valence-corrected chi connectivity index (χ4v) is 5.75. The topological polar surface area (TPSA) is 57.8 Å². The molecule has 40 heavy (non-hydrogen) atoms. The first-order chi connectivity index (χ1) is 19.0. The smallest absolute Gasteiger partial charge is 0.520 e. The van der Waals surface area contributed by atoms with Crippen LogP contribution in [0.25, 0.3) is 10.9 Å². The van der Waals surface area contributed by atoms with Gasteiger partial charge in [0.05, 0.1) is 25.9 Å². The van der Waals surface area contributed by atoms with Crippen molar-refractivity contribution in [1.82, 2.24) is 14.8 Å². The summed E-state index contributed by atoms with van der Waals surface area (Å²) in [5, 5.41) is 1.26. The Bertz CT molecular complexity index is 1180. The quantitative estimate of drug-likeness (QED) is 0.143. The van der Waals surface area contributed by atoms with E-state index in [2.05, 4.69) is 90.0 Å². The molecule has 2 aliphatic heterocycles. The summed E-state index contributed by atoms with van der Waals surface area (Å²) in [5.74, 6) is 1.46. The Kier molecular flexibility index (Phi) is 14.4. The number of unbranched alkanes of at least 4 members (excludes halogenated alkanes) is 3. The van der Waals surface area contributed by atoms with Crippen LogP contribution in [-0.2, 0) is 16.0 Å². The first-order valence-corrected chi connectivity index (χ1v) is 15.3. The van der Waals surface area contributed by atoms with Gasteiger partial charge in [-0.1, -0.05) is 38.8 Å². The summed E-state index contributed by atoms with van der Waals surface area (Å²) in [6, 6.07) is 14.5. The fraction of sp³-hybridized carbons (Fsp3) is 0.500. The van der Waals surface area contributed by atoms with Crippen LogP contribution < -0.4 is 4.74 Å². The number of nitrogens with zero attached hydrogens (tertiary/aromatic N) is 2. The van der Waals surface area contributed by atoms with Crippen molar-refractivity contribution in [3.63, 3.8) is 0 Å². The van der Waals surface area contributed by atoms with Gasteiger partial charge >= 0.3 is 31.1 Å². The molecule has 1 saturated heterocycles. The maximum atomic E-state index is 11.8. The molecule has 6 nitrogen and oxygen atoms in total. The largest absolute Gasteiger partial charge is 2.00 e. The van der Waals surface area contributed by atoms with E-state index in [0.29, 0.717) is 12.5 Å². The Morgan fingerprint density at radius 2 is 1.77 bits per heavy atom. The van der Waals surface area contributed by atoms with E-state index in [0.717, 1.165) is 68.3 Å². The molecule has 8 heteroatoms. The number of halogens is 1. The van der Waals surface area contributed by atoms with Crippen LogP contribution in [0.4, 0.5) is 0 Å². The molecule has 1 aromatic heterocycles. The van der Waals surface area contributed by atoms with Crippen LogP contribution in [0.5, 0.6) is 5.75 Å².